The summed E-state index contributed by atoms with van der Waals surface area (Å²) in [6, 6.07) is 5.06. The summed E-state index contributed by atoms with van der Waals surface area (Å²) in [6.07, 6.45) is 4.51. The first-order chi connectivity index (χ1) is 11.1. The first-order valence-corrected chi connectivity index (χ1v) is 8.49. The van der Waals surface area contributed by atoms with E-state index in [1.54, 1.807) is 30.1 Å². The average molecular weight is 341 g/mol. The number of benzene rings is 1. The van der Waals surface area contributed by atoms with E-state index in [1.807, 2.05) is 0 Å². The molecule has 1 unspecified atom stereocenters. The molecule has 1 heterocycles. The molecule has 128 valence electrons. The highest BCUT2D eigenvalue weighted by Crippen LogP contribution is 2.24. The molecule has 1 aliphatic heterocycles. The van der Waals surface area contributed by atoms with Crippen molar-refractivity contribution in [1.29, 1.82) is 0 Å². The normalized spacial score (nSPS) is 17.8. The zero-order valence-electron chi connectivity index (χ0n) is 13.6. The Labute approximate surface area is 142 Å². The fraction of sp³-hybridized carbons (Fsp3) is 0.588. The Morgan fingerprint density at radius 2 is 2.30 bits per heavy atom. The van der Waals surface area contributed by atoms with Gasteiger partial charge >= 0.3 is 0 Å². The minimum atomic E-state index is -0.102. The second kappa shape index (κ2) is 9.11. The van der Waals surface area contributed by atoms with Crippen LogP contribution in [-0.2, 0) is 4.74 Å². The standard InChI is InChI=1S/C17H25ClN2O3/c1-20(9-7-14-4-2-3-10-22-14)17(21)15-12-13(18)5-6-16(15)23-11-8-19/h5-6,12,14H,2-4,7-11,19H2,1H3. The molecule has 0 radical (unpaired) electrons. The maximum Gasteiger partial charge on any atom is 0.257 e. The van der Waals surface area contributed by atoms with Crippen molar-refractivity contribution in [3.05, 3.63) is 28.8 Å². The molecule has 1 atom stereocenters. The van der Waals surface area contributed by atoms with Crippen molar-refractivity contribution in [2.24, 2.45) is 5.73 Å². The van der Waals surface area contributed by atoms with Crippen molar-refractivity contribution < 1.29 is 14.3 Å². The van der Waals surface area contributed by atoms with Crippen LogP contribution in [0.15, 0.2) is 18.2 Å². The largest absolute Gasteiger partial charge is 0.491 e. The number of rotatable bonds is 7. The molecule has 6 heteroatoms. The van der Waals surface area contributed by atoms with Crippen LogP contribution in [0.3, 0.4) is 0 Å². The lowest BCUT2D eigenvalue weighted by molar-refractivity contribution is 0.00707. The molecule has 23 heavy (non-hydrogen) atoms. The van der Waals surface area contributed by atoms with E-state index in [0.29, 0.717) is 36.0 Å². The average Bonchev–Trinajstić information content (AvgIpc) is 2.58. The van der Waals surface area contributed by atoms with Gasteiger partial charge in [-0.05, 0) is 43.9 Å². The van der Waals surface area contributed by atoms with Crippen LogP contribution in [0.4, 0.5) is 0 Å². The van der Waals surface area contributed by atoms with Crippen molar-refractivity contribution in [2.75, 3.05) is 33.4 Å². The highest BCUT2D eigenvalue weighted by Gasteiger charge is 2.20. The van der Waals surface area contributed by atoms with Crippen LogP contribution < -0.4 is 10.5 Å². The Morgan fingerprint density at radius 1 is 1.48 bits per heavy atom. The third-order valence-electron chi connectivity index (χ3n) is 3.95. The van der Waals surface area contributed by atoms with Crippen LogP contribution in [0.5, 0.6) is 5.75 Å². The van der Waals surface area contributed by atoms with Gasteiger partial charge < -0.3 is 20.1 Å². The molecule has 0 aromatic heterocycles. The Morgan fingerprint density at radius 3 is 3.00 bits per heavy atom. The van der Waals surface area contributed by atoms with Crippen LogP contribution in [-0.4, -0.2) is 50.3 Å². The Bertz CT molecular complexity index is 519. The Hall–Kier alpha value is -1.30. The van der Waals surface area contributed by atoms with Gasteiger partial charge in [-0.3, -0.25) is 4.79 Å². The molecular formula is C17H25ClN2O3. The van der Waals surface area contributed by atoms with E-state index in [1.165, 1.54) is 6.42 Å². The summed E-state index contributed by atoms with van der Waals surface area (Å²) in [6.45, 7) is 2.23. The van der Waals surface area contributed by atoms with Crippen molar-refractivity contribution in [1.82, 2.24) is 4.90 Å². The van der Waals surface area contributed by atoms with E-state index in [-0.39, 0.29) is 12.0 Å². The molecule has 1 aliphatic rings. The van der Waals surface area contributed by atoms with E-state index in [2.05, 4.69) is 0 Å². The van der Waals surface area contributed by atoms with Gasteiger partial charge in [-0.1, -0.05) is 11.6 Å². The first kappa shape index (κ1) is 18.0. The van der Waals surface area contributed by atoms with Gasteiger partial charge in [0, 0.05) is 31.8 Å². The van der Waals surface area contributed by atoms with Crippen LogP contribution in [0.2, 0.25) is 5.02 Å². The van der Waals surface area contributed by atoms with Gasteiger partial charge in [-0.2, -0.15) is 0 Å². The number of ether oxygens (including phenoxy) is 2. The molecular weight excluding hydrogens is 316 g/mol. The van der Waals surface area contributed by atoms with Gasteiger partial charge in [-0.15, -0.1) is 0 Å². The second-order valence-electron chi connectivity index (χ2n) is 5.78. The number of nitrogens with two attached hydrogens (primary N) is 1. The molecule has 1 aromatic carbocycles. The molecule has 0 aliphatic carbocycles. The smallest absolute Gasteiger partial charge is 0.257 e. The molecule has 0 bridgehead atoms. The molecule has 1 aromatic rings. The molecule has 1 amide bonds. The number of amides is 1. The maximum absolute atomic E-state index is 12.7. The van der Waals surface area contributed by atoms with E-state index in [0.717, 1.165) is 25.9 Å². The van der Waals surface area contributed by atoms with Gasteiger partial charge in [0.1, 0.15) is 12.4 Å². The number of carbonyl (C=O) groups excluding carboxylic acids is 1. The van der Waals surface area contributed by atoms with Gasteiger partial charge in [0.2, 0.25) is 0 Å². The molecule has 2 N–H and O–H groups in total. The minimum Gasteiger partial charge on any atom is -0.491 e. The highest BCUT2D eigenvalue weighted by molar-refractivity contribution is 6.31. The third-order valence-corrected chi connectivity index (χ3v) is 4.19. The molecule has 1 saturated heterocycles. The summed E-state index contributed by atoms with van der Waals surface area (Å²) < 4.78 is 11.3. The van der Waals surface area contributed by atoms with Gasteiger partial charge in [0.05, 0.1) is 11.7 Å². The van der Waals surface area contributed by atoms with Crippen molar-refractivity contribution in [3.63, 3.8) is 0 Å². The molecule has 0 saturated carbocycles. The van der Waals surface area contributed by atoms with E-state index < -0.39 is 0 Å². The minimum absolute atomic E-state index is 0.102. The number of hydrogen-bond acceptors (Lipinski definition) is 4. The summed E-state index contributed by atoms with van der Waals surface area (Å²) in [5.74, 6) is 0.418. The SMILES string of the molecule is CN(CCC1CCCCO1)C(=O)c1cc(Cl)ccc1OCCN. The van der Waals surface area contributed by atoms with E-state index in [9.17, 15) is 4.79 Å². The summed E-state index contributed by atoms with van der Waals surface area (Å²) >= 11 is 6.03. The lowest BCUT2D eigenvalue weighted by Crippen LogP contribution is -2.32. The van der Waals surface area contributed by atoms with E-state index in [4.69, 9.17) is 26.8 Å². The lowest BCUT2D eigenvalue weighted by Gasteiger charge is -2.25. The lowest BCUT2D eigenvalue weighted by atomic mass is 10.1. The molecule has 0 spiro atoms. The summed E-state index contributed by atoms with van der Waals surface area (Å²) in [5.41, 5.74) is 5.93. The topological polar surface area (TPSA) is 64.8 Å². The van der Waals surface area contributed by atoms with Gasteiger partial charge in [0.15, 0.2) is 0 Å². The van der Waals surface area contributed by atoms with Gasteiger partial charge in [-0.25, -0.2) is 0 Å². The fourth-order valence-corrected chi connectivity index (χ4v) is 2.82. The highest BCUT2D eigenvalue weighted by atomic mass is 35.5. The van der Waals surface area contributed by atoms with Crippen molar-refractivity contribution in [3.8, 4) is 5.75 Å². The summed E-state index contributed by atoms with van der Waals surface area (Å²) in [5, 5.41) is 0.512. The number of hydrogen-bond donors (Lipinski definition) is 1. The number of carbonyl (C=O) groups is 1. The number of nitrogens with zero attached hydrogens (tertiary/aromatic N) is 1. The summed E-state index contributed by atoms with van der Waals surface area (Å²) in [4.78, 5) is 14.4. The van der Waals surface area contributed by atoms with E-state index >= 15 is 0 Å². The molecule has 1 fully saturated rings. The van der Waals surface area contributed by atoms with Crippen LogP contribution in [0.1, 0.15) is 36.0 Å². The monoisotopic (exact) mass is 340 g/mol. The third kappa shape index (κ3) is 5.37. The Kier molecular flexibility index (Phi) is 7.15. The van der Waals surface area contributed by atoms with Gasteiger partial charge in [0.25, 0.3) is 5.91 Å². The molecule has 5 nitrogen and oxygen atoms in total. The van der Waals surface area contributed by atoms with Crippen LogP contribution in [0.25, 0.3) is 0 Å². The quantitative estimate of drug-likeness (QED) is 0.828. The zero-order chi connectivity index (χ0) is 16.7. The second-order valence-corrected chi connectivity index (χ2v) is 6.22. The number of halogens is 1. The molecule has 2 rings (SSSR count). The Balaban J connectivity index is 1.98. The van der Waals surface area contributed by atoms with Crippen molar-refractivity contribution in [2.45, 2.75) is 31.8 Å². The van der Waals surface area contributed by atoms with Crippen LogP contribution in [0, 0.1) is 0 Å². The fourth-order valence-electron chi connectivity index (χ4n) is 2.64. The summed E-state index contributed by atoms with van der Waals surface area (Å²) in [7, 11) is 1.79. The predicted molar refractivity (Wildman–Crippen MR) is 91.2 cm³/mol. The van der Waals surface area contributed by atoms with Crippen LogP contribution >= 0.6 is 11.6 Å². The maximum atomic E-state index is 12.7. The zero-order valence-corrected chi connectivity index (χ0v) is 14.3. The predicted octanol–water partition coefficient (Wildman–Crippen LogP) is 2.71. The first-order valence-electron chi connectivity index (χ1n) is 8.11. The van der Waals surface area contributed by atoms with Crippen molar-refractivity contribution >= 4 is 17.5 Å².